The molecule has 1 aromatic heterocycles. The first kappa shape index (κ1) is 17.5. The van der Waals surface area contributed by atoms with Crippen LogP contribution in [0.1, 0.15) is 37.1 Å². The number of carbonyl (C=O) groups excluding carboxylic acids is 3. The SMILES string of the molecule is CCOC(=O)c1nc(C)cn1N(C(=O)OCC)C(=O)OCC. The largest absolute Gasteiger partial charge is 0.460 e. The van der Waals surface area contributed by atoms with Crippen LogP contribution >= 0.6 is 0 Å². The van der Waals surface area contributed by atoms with Crippen LogP contribution in [0.15, 0.2) is 6.20 Å². The van der Waals surface area contributed by atoms with Gasteiger partial charge in [0.2, 0.25) is 5.82 Å². The number of rotatable bonds is 5. The standard InChI is InChI=1S/C13H19N3O6/c1-5-20-11(17)10-14-9(4)8-15(10)16(12(18)21-6-2)13(19)22-7-3/h8H,5-7H2,1-4H3. The lowest BCUT2D eigenvalue weighted by Crippen LogP contribution is -2.47. The minimum Gasteiger partial charge on any atom is -0.460 e. The highest BCUT2D eigenvalue weighted by Gasteiger charge is 2.31. The predicted octanol–water partition coefficient (Wildman–Crippen LogP) is 1.62. The lowest BCUT2D eigenvalue weighted by Gasteiger charge is -2.20. The van der Waals surface area contributed by atoms with Gasteiger partial charge in [0.1, 0.15) is 0 Å². The molecule has 9 nitrogen and oxygen atoms in total. The predicted molar refractivity (Wildman–Crippen MR) is 75.2 cm³/mol. The number of amides is 2. The quantitative estimate of drug-likeness (QED) is 0.601. The van der Waals surface area contributed by atoms with Gasteiger partial charge in [-0.2, -0.15) is 0 Å². The second-order valence-corrected chi connectivity index (χ2v) is 3.98. The second-order valence-electron chi connectivity index (χ2n) is 3.98. The Morgan fingerprint density at radius 1 is 1.05 bits per heavy atom. The van der Waals surface area contributed by atoms with Crippen LogP contribution in [0.5, 0.6) is 0 Å². The number of aromatic nitrogens is 2. The number of imide groups is 1. The Morgan fingerprint density at radius 3 is 2.00 bits per heavy atom. The fourth-order valence-electron chi connectivity index (χ4n) is 1.59. The van der Waals surface area contributed by atoms with Gasteiger partial charge in [-0.05, 0) is 27.7 Å². The molecule has 0 unspecified atom stereocenters. The highest BCUT2D eigenvalue weighted by molar-refractivity contribution is 6.02. The molecular formula is C13H19N3O6. The minimum atomic E-state index is -0.983. The average Bonchev–Trinajstić information content (AvgIpc) is 2.81. The monoisotopic (exact) mass is 313 g/mol. The summed E-state index contributed by atoms with van der Waals surface area (Å²) in [6.45, 7) is 6.65. The molecule has 0 aliphatic carbocycles. The Hall–Kier alpha value is -2.58. The van der Waals surface area contributed by atoms with Crippen LogP contribution in [-0.4, -0.2) is 47.6 Å². The van der Waals surface area contributed by atoms with Gasteiger partial charge in [-0.25, -0.2) is 24.0 Å². The molecule has 1 heterocycles. The van der Waals surface area contributed by atoms with E-state index in [-0.39, 0.29) is 25.6 Å². The normalized spacial score (nSPS) is 10.0. The molecule has 0 saturated carbocycles. The van der Waals surface area contributed by atoms with Crippen molar-refractivity contribution >= 4 is 18.2 Å². The Labute approximate surface area is 127 Å². The highest BCUT2D eigenvalue weighted by Crippen LogP contribution is 2.09. The summed E-state index contributed by atoms with van der Waals surface area (Å²) in [5, 5.41) is 0.555. The van der Waals surface area contributed by atoms with Crippen molar-refractivity contribution in [1.82, 2.24) is 9.66 Å². The molecule has 1 aromatic rings. The van der Waals surface area contributed by atoms with E-state index in [1.165, 1.54) is 6.20 Å². The van der Waals surface area contributed by atoms with Crippen molar-refractivity contribution < 1.29 is 28.6 Å². The van der Waals surface area contributed by atoms with Crippen molar-refractivity contribution in [3.8, 4) is 0 Å². The lowest BCUT2D eigenvalue weighted by atomic mass is 10.6. The van der Waals surface area contributed by atoms with Gasteiger partial charge in [-0.15, -0.1) is 5.01 Å². The maximum absolute atomic E-state index is 12.0. The van der Waals surface area contributed by atoms with E-state index in [2.05, 4.69) is 4.98 Å². The summed E-state index contributed by atoms with van der Waals surface area (Å²) in [5.74, 6) is -0.991. The third kappa shape index (κ3) is 3.96. The number of esters is 1. The molecule has 0 radical (unpaired) electrons. The molecule has 0 atom stereocenters. The molecule has 1 rings (SSSR count). The first-order valence-electron chi connectivity index (χ1n) is 6.83. The Balaban J connectivity index is 3.26. The average molecular weight is 313 g/mol. The fourth-order valence-corrected chi connectivity index (χ4v) is 1.59. The first-order chi connectivity index (χ1) is 10.5. The third-order valence-electron chi connectivity index (χ3n) is 2.36. The van der Waals surface area contributed by atoms with Gasteiger partial charge < -0.3 is 14.2 Å². The van der Waals surface area contributed by atoms with Crippen LogP contribution in [0.4, 0.5) is 9.59 Å². The fraction of sp³-hybridized carbons (Fsp3) is 0.538. The van der Waals surface area contributed by atoms with Gasteiger partial charge in [-0.1, -0.05) is 0 Å². The maximum Gasteiger partial charge on any atom is 0.439 e. The van der Waals surface area contributed by atoms with Gasteiger partial charge in [0.05, 0.1) is 31.7 Å². The van der Waals surface area contributed by atoms with Gasteiger partial charge in [0, 0.05) is 0 Å². The number of aryl methyl sites for hydroxylation is 1. The molecule has 22 heavy (non-hydrogen) atoms. The molecule has 0 saturated heterocycles. The van der Waals surface area contributed by atoms with Gasteiger partial charge >= 0.3 is 18.2 Å². The Bertz CT molecular complexity index is 536. The zero-order valence-electron chi connectivity index (χ0n) is 13.0. The Morgan fingerprint density at radius 2 is 1.55 bits per heavy atom. The number of hydrogen-bond donors (Lipinski definition) is 0. The van der Waals surface area contributed by atoms with Crippen LogP contribution < -0.4 is 5.01 Å². The highest BCUT2D eigenvalue weighted by atomic mass is 16.6. The van der Waals surface area contributed by atoms with E-state index in [0.717, 1.165) is 4.68 Å². The van der Waals surface area contributed by atoms with E-state index in [1.54, 1.807) is 27.7 Å². The van der Waals surface area contributed by atoms with E-state index in [0.29, 0.717) is 10.7 Å². The van der Waals surface area contributed by atoms with Crippen molar-refractivity contribution in [2.45, 2.75) is 27.7 Å². The zero-order chi connectivity index (χ0) is 16.7. The molecule has 0 aromatic carbocycles. The number of imidazole rings is 1. The van der Waals surface area contributed by atoms with Crippen molar-refractivity contribution in [2.75, 3.05) is 24.8 Å². The maximum atomic E-state index is 12.0. The molecule has 0 fully saturated rings. The van der Waals surface area contributed by atoms with Crippen LogP contribution in [0.2, 0.25) is 0 Å². The van der Waals surface area contributed by atoms with Crippen molar-refractivity contribution in [2.24, 2.45) is 0 Å². The summed E-state index contributed by atoms with van der Waals surface area (Å²) < 4.78 is 15.5. The zero-order valence-corrected chi connectivity index (χ0v) is 13.0. The summed E-state index contributed by atoms with van der Waals surface area (Å²) >= 11 is 0. The number of carbonyl (C=O) groups is 3. The first-order valence-corrected chi connectivity index (χ1v) is 6.83. The van der Waals surface area contributed by atoms with E-state index in [4.69, 9.17) is 14.2 Å². The van der Waals surface area contributed by atoms with Crippen LogP contribution in [0.25, 0.3) is 0 Å². The van der Waals surface area contributed by atoms with Crippen molar-refractivity contribution in [3.63, 3.8) is 0 Å². The summed E-state index contributed by atoms with van der Waals surface area (Å²) in [6, 6.07) is 0. The lowest BCUT2D eigenvalue weighted by molar-refractivity contribution is 0.0505. The molecule has 122 valence electrons. The van der Waals surface area contributed by atoms with Crippen molar-refractivity contribution in [3.05, 3.63) is 17.7 Å². The van der Waals surface area contributed by atoms with E-state index in [9.17, 15) is 14.4 Å². The number of nitrogens with zero attached hydrogens (tertiary/aromatic N) is 3. The molecule has 0 aliphatic heterocycles. The van der Waals surface area contributed by atoms with E-state index < -0.39 is 18.2 Å². The molecule has 0 N–H and O–H groups in total. The molecule has 9 heteroatoms. The summed E-state index contributed by atoms with van der Waals surface area (Å²) in [5.41, 5.74) is 0.418. The molecular weight excluding hydrogens is 294 g/mol. The molecule has 0 aliphatic rings. The number of ether oxygens (including phenoxy) is 3. The Kier molecular flexibility index (Phi) is 6.36. The summed E-state index contributed by atoms with van der Waals surface area (Å²) in [7, 11) is 0. The summed E-state index contributed by atoms with van der Waals surface area (Å²) in [4.78, 5) is 39.9. The number of hydrogen-bond acceptors (Lipinski definition) is 7. The molecule has 0 bridgehead atoms. The van der Waals surface area contributed by atoms with Gasteiger partial charge in [-0.3, -0.25) is 0 Å². The summed E-state index contributed by atoms with van der Waals surface area (Å²) in [6.07, 6.45) is -0.632. The second kappa shape index (κ2) is 8.01. The van der Waals surface area contributed by atoms with E-state index >= 15 is 0 Å². The van der Waals surface area contributed by atoms with Crippen LogP contribution in [0.3, 0.4) is 0 Å². The molecule has 0 spiro atoms. The van der Waals surface area contributed by atoms with Crippen LogP contribution in [0, 0.1) is 6.92 Å². The van der Waals surface area contributed by atoms with Crippen molar-refractivity contribution in [1.29, 1.82) is 0 Å². The smallest absolute Gasteiger partial charge is 0.439 e. The van der Waals surface area contributed by atoms with E-state index in [1.807, 2.05) is 0 Å². The third-order valence-corrected chi connectivity index (χ3v) is 2.36. The molecule has 2 amide bonds. The van der Waals surface area contributed by atoms with Gasteiger partial charge in [0.25, 0.3) is 0 Å². The van der Waals surface area contributed by atoms with Gasteiger partial charge in [0.15, 0.2) is 0 Å². The van der Waals surface area contributed by atoms with Crippen LogP contribution in [-0.2, 0) is 14.2 Å². The minimum absolute atomic E-state index is 0.0527. The topological polar surface area (TPSA) is 100.0 Å².